The van der Waals surface area contributed by atoms with Gasteiger partial charge in [-0.2, -0.15) is 5.10 Å². The molecule has 132 valence electrons. The Balaban J connectivity index is 1.55. The molecular weight excluding hydrogens is 336 g/mol. The first-order chi connectivity index (χ1) is 12.0. The molecule has 6 nitrogen and oxygen atoms in total. The summed E-state index contributed by atoms with van der Waals surface area (Å²) in [5, 5.41) is 10.1. The average Bonchev–Trinajstić information content (AvgIpc) is 3.37. The molecule has 1 aromatic heterocycles. The zero-order valence-corrected chi connectivity index (χ0v) is 15.2. The zero-order chi connectivity index (χ0) is 17.8. The van der Waals surface area contributed by atoms with Crippen LogP contribution in [0.2, 0.25) is 0 Å². The lowest BCUT2D eigenvalue weighted by Crippen LogP contribution is -2.38. The minimum atomic E-state index is -0.151. The van der Waals surface area contributed by atoms with E-state index in [2.05, 4.69) is 15.7 Å². The fourth-order valence-corrected chi connectivity index (χ4v) is 3.45. The van der Waals surface area contributed by atoms with E-state index in [0.29, 0.717) is 6.04 Å². The van der Waals surface area contributed by atoms with Crippen molar-refractivity contribution >= 4 is 23.6 Å². The molecule has 1 saturated carbocycles. The first-order valence-electron chi connectivity index (χ1n) is 8.35. The Morgan fingerprint density at radius 3 is 2.60 bits per heavy atom. The lowest BCUT2D eigenvalue weighted by atomic mass is 10.3. The molecule has 1 fully saturated rings. The molecule has 1 heterocycles. The highest BCUT2D eigenvalue weighted by Crippen LogP contribution is 2.27. The summed E-state index contributed by atoms with van der Waals surface area (Å²) in [6.45, 7) is 3.98. The summed E-state index contributed by atoms with van der Waals surface area (Å²) in [6.07, 6.45) is 2.08. The van der Waals surface area contributed by atoms with Gasteiger partial charge in [-0.1, -0.05) is 18.2 Å². The van der Waals surface area contributed by atoms with Crippen molar-refractivity contribution in [3.05, 3.63) is 41.7 Å². The van der Waals surface area contributed by atoms with Crippen LogP contribution in [0.3, 0.4) is 0 Å². The van der Waals surface area contributed by atoms with Gasteiger partial charge in [-0.25, -0.2) is 4.68 Å². The molecule has 0 spiro atoms. The number of rotatable bonds is 7. The highest BCUT2D eigenvalue weighted by Gasteiger charge is 2.23. The first-order valence-corrected chi connectivity index (χ1v) is 9.33. The molecule has 3 rings (SSSR count). The second-order valence-corrected chi connectivity index (χ2v) is 7.14. The highest BCUT2D eigenvalue weighted by molar-refractivity contribution is 8.00. The number of thioether (sulfide) groups is 1. The van der Waals surface area contributed by atoms with Crippen molar-refractivity contribution in [1.82, 2.24) is 20.4 Å². The maximum Gasteiger partial charge on any atom is 0.239 e. The molecule has 0 radical (unpaired) electrons. The molecule has 2 amide bonds. The van der Waals surface area contributed by atoms with Crippen molar-refractivity contribution < 1.29 is 9.59 Å². The number of aryl methyl sites for hydroxylation is 1. The molecule has 1 aromatic carbocycles. The molecular formula is C18H22N4O2S. The van der Waals surface area contributed by atoms with Crippen molar-refractivity contribution in [3.63, 3.8) is 0 Å². The van der Waals surface area contributed by atoms with E-state index in [9.17, 15) is 9.59 Å². The fraction of sp³-hybridized carbons (Fsp3) is 0.389. The summed E-state index contributed by atoms with van der Waals surface area (Å²) in [4.78, 5) is 24.6. The summed E-state index contributed by atoms with van der Waals surface area (Å²) in [6, 6.07) is 10.2. The molecule has 25 heavy (non-hydrogen) atoms. The zero-order valence-electron chi connectivity index (χ0n) is 14.4. The maximum atomic E-state index is 12.0. The van der Waals surface area contributed by atoms with Crippen LogP contribution in [-0.4, -0.2) is 39.9 Å². The van der Waals surface area contributed by atoms with Gasteiger partial charge < -0.3 is 10.6 Å². The van der Waals surface area contributed by atoms with Crippen LogP contribution in [0.4, 0.5) is 0 Å². The third-order valence-corrected chi connectivity index (χ3v) is 5.25. The van der Waals surface area contributed by atoms with E-state index in [4.69, 9.17) is 0 Å². The van der Waals surface area contributed by atoms with E-state index in [1.807, 2.05) is 48.9 Å². The average molecular weight is 358 g/mol. The van der Waals surface area contributed by atoms with E-state index < -0.39 is 0 Å². The van der Waals surface area contributed by atoms with E-state index >= 15 is 0 Å². The van der Waals surface area contributed by atoms with Gasteiger partial charge in [-0.15, -0.1) is 11.8 Å². The van der Waals surface area contributed by atoms with Gasteiger partial charge >= 0.3 is 0 Å². The summed E-state index contributed by atoms with van der Waals surface area (Å²) in [5.74, 6) is -0.00823. The Hall–Kier alpha value is -2.28. The predicted molar refractivity (Wildman–Crippen MR) is 97.9 cm³/mol. The van der Waals surface area contributed by atoms with Crippen LogP contribution >= 0.6 is 11.8 Å². The molecule has 0 atom stereocenters. The lowest BCUT2D eigenvalue weighted by molar-refractivity contribution is -0.124. The van der Waals surface area contributed by atoms with Crippen molar-refractivity contribution in [2.45, 2.75) is 37.6 Å². The number of hydrogen-bond acceptors (Lipinski definition) is 4. The number of carbonyl (C=O) groups excluding carboxylic acids is 2. The van der Waals surface area contributed by atoms with Crippen LogP contribution in [0.15, 0.2) is 35.2 Å². The third-order valence-electron chi connectivity index (χ3n) is 3.96. The van der Waals surface area contributed by atoms with Gasteiger partial charge in [0.15, 0.2) is 0 Å². The molecule has 1 aliphatic carbocycles. The second-order valence-electron chi connectivity index (χ2n) is 6.15. The maximum absolute atomic E-state index is 12.0. The number of nitrogens with one attached hydrogen (secondary N) is 2. The molecule has 2 aromatic rings. The highest BCUT2D eigenvalue weighted by atomic mass is 32.2. The smallest absolute Gasteiger partial charge is 0.239 e. The normalized spacial score (nSPS) is 13.5. The number of benzene rings is 1. The van der Waals surface area contributed by atoms with E-state index in [0.717, 1.165) is 34.8 Å². The topological polar surface area (TPSA) is 76.0 Å². The minimum absolute atomic E-state index is 0.0388. The van der Waals surface area contributed by atoms with Crippen LogP contribution < -0.4 is 10.6 Å². The van der Waals surface area contributed by atoms with E-state index in [-0.39, 0.29) is 24.1 Å². The molecule has 1 aliphatic rings. The monoisotopic (exact) mass is 358 g/mol. The minimum Gasteiger partial charge on any atom is -0.352 e. The molecule has 7 heteroatoms. The van der Waals surface area contributed by atoms with Gasteiger partial charge in [0.25, 0.3) is 0 Å². The Morgan fingerprint density at radius 1 is 1.20 bits per heavy atom. The van der Waals surface area contributed by atoms with Crippen LogP contribution in [-0.2, 0) is 9.59 Å². The predicted octanol–water partition coefficient (Wildman–Crippen LogP) is 1.98. The number of para-hydroxylation sites is 1. The quantitative estimate of drug-likeness (QED) is 0.742. The van der Waals surface area contributed by atoms with Gasteiger partial charge in [0.05, 0.1) is 34.3 Å². The van der Waals surface area contributed by atoms with Crippen molar-refractivity contribution in [2.24, 2.45) is 0 Å². The summed E-state index contributed by atoms with van der Waals surface area (Å²) in [5.41, 5.74) is 2.90. The Bertz CT molecular complexity index is 769. The largest absolute Gasteiger partial charge is 0.352 e. The summed E-state index contributed by atoms with van der Waals surface area (Å²) >= 11 is 1.45. The Labute approximate surface area is 151 Å². The number of nitrogens with zero attached hydrogens (tertiary/aromatic N) is 2. The molecule has 0 bridgehead atoms. The SMILES string of the molecule is Cc1nn(-c2ccccc2)c(C)c1SCC(=O)NCC(=O)NC1CC1. The molecule has 0 saturated heterocycles. The van der Waals surface area contributed by atoms with Crippen molar-refractivity contribution in [2.75, 3.05) is 12.3 Å². The van der Waals surface area contributed by atoms with Gasteiger partial charge in [0.1, 0.15) is 0 Å². The number of aromatic nitrogens is 2. The summed E-state index contributed by atoms with van der Waals surface area (Å²) < 4.78 is 1.89. The lowest BCUT2D eigenvalue weighted by Gasteiger charge is -2.07. The van der Waals surface area contributed by atoms with Crippen molar-refractivity contribution in [3.8, 4) is 5.69 Å². The van der Waals surface area contributed by atoms with Crippen molar-refractivity contribution in [1.29, 1.82) is 0 Å². The van der Waals surface area contributed by atoms with Gasteiger partial charge in [-0.3, -0.25) is 9.59 Å². The van der Waals surface area contributed by atoms with Crippen LogP contribution in [0.5, 0.6) is 0 Å². The van der Waals surface area contributed by atoms with E-state index in [1.165, 1.54) is 11.8 Å². The summed E-state index contributed by atoms with van der Waals surface area (Å²) in [7, 11) is 0. The van der Waals surface area contributed by atoms with Gasteiger partial charge in [-0.05, 0) is 38.8 Å². The molecule has 0 unspecified atom stereocenters. The Kier molecular flexibility index (Phi) is 5.43. The number of hydrogen-bond donors (Lipinski definition) is 2. The van der Waals surface area contributed by atoms with E-state index in [1.54, 1.807) is 0 Å². The molecule has 0 aliphatic heterocycles. The Morgan fingerprint density at radius 2 is 1.92 bits per heavy atom. The van der Waals surface area contributed by atoms with Crippen LogP contribution in [0.1, 0.15) is 24.2 Å². The fourth-order valence-electron chi connectivity index (χ4n) is 2.53. The van der Waals surface area contributed by atoms with Crippen LogP contribution in [0, 0.1) is 13.8 Å². The number of carbonyl (C=O) groups is 2. The van der Waals surface area contributed by atoms with Gasteiger partial charge in [0.2, 0.25) is 11.8 Å². The third kappa shape index (κ3) is 4.63. The van der Waals surface area contributed by atoms with Gasteiger partial charge in [0, 0.05) is 6.04 Å². The standard InChI is InChI=1S/C18H22N4O2S/c1-12-18(13(2)22(21-12)15-6-4-3-5-7-15)25-11-17(24)19-10-16(23)20-14-8-9-14/h3-7,14H,8-11H2,1-2H3,(H,19,24)(H,20,23). The molecule has 2 N–H and O–H groups in total. The first kappa shape index (κ1) is 17.5. The second kappa shape index (κ2) is 7.74. The van der Waals surface area contributed by atoms with Crippen LogP contribution in [0.25, 0.3) is 5.69 Å². The number of amides is 2.